The van der Waals surface area contributed by atoms with E-state index in [1.807, 2.05) is 6.92 Å². The van der Waals surface area contributed by atoms with E-state index in [4.69, 9.17) is 4.74 Å². The van der Waals surface area contributed by atoms with Crippen molar-refractivity contribution < 1.29 is 28.6 Å². The molecular weight excluding hydrogens is 449 g/mol. The predicted molar refractivity (Wildman–Crippen MR) is 129 cm³/mol. The van der Waals surface area contributed by atoms with E-state index in [0.717, 1.165) is 0 Å². The number of carbonyl (C=O) groups is 3. The maximum atomic E-state index is 13.8. The normalized spacial score (nSPS) is 17.0. The number of nitrogens with zero attached hydrogens (tertiary/aromatic N) is 1. The summed E-state index contributed by atoms with van der Waals surface area (Å²) in [7, 11) is 0. The average molecular weight is 474 g/mol. The zero-order valence-electron chi connectivity index (χ0n) is 19.3. The van der Waals surface area contributed by atoms with Crippen molar-refractivity contribution in [2.24, 2.45) is 0 Å². The third-order valence-corrected chi connectivity index (χ3v) is 5.79. The van der Waals surface area contributed by atoms with Crippen molar-refractivity contribution >= 4 is 29.1 Å². The van der Waals surface area contributed by atoms with E-state index in [-0.39, 0.29) is 28.9 Å². The van der Waals surface area contributed by atoms with Gasteiger partial charge in [-0.3, -0.25) is 14.5 Å². The number of ketones is 1. The number of halogens is 1. The highest BCUT2D eigenvalue weighted by Crippen LogP contribution is 2.42. The Bertz CT molecular complexity index is 1330. The first-order chi connectivity index (χ1) is 16.8. The van der Waals surface area contributed by atoms with E-state index in [9.17, 15) is 23.9 Å². The molecule has 7 heteroatoms. The first-order valence-electron chi connectivity index (χ1n) is 11.2. The number of aliphatic hydroxyl groups excluding tert-OH is 1. The summed E-state index contributed by atoms with van der Waals surface area (Å²) in [6.07, 6.45) is 0.664. The smallest absolute Gasteiger partial charge is 0.338 e. The predicted octanol–water partition coefficient (Wildman–Crippen LogP) is 5.33. The van der Waals surface area contributed by atoms with Gasteiger partial charge in [-0.2, -0.15) is 0 Å². The Morgan fingerprint density at radius 2 is 1.74 bits per heavy atom. The maximum absolute atomic E-state index is 13.8. The highest BCUT2D eigenvalue weighted by atomic mass is 19.1. The Morgan fingerprint density at radius 3 is 2.43 bits per heavy atom. The molecule has 1 fully saturated rings. The molecule has 1 heterocycles. The van der Waals surface area contributed by atoms with Gasteiger partial charge in [-0.15, -0.1) is 0 Å². The lowest BCUT2D eigenvalue weighted by atomic mass is 9.94. The summed E-state index contributed by atoms with van der Waals surface area (Å²) in [5.41, 5.74) is 1.52. The summed E-state index contributed by atoms with van der Waals surface area (Å²) in [6.45, 7) is 3.68. The number of aryl methyl sites for hydroxylation is 1. The molecule has 0 spiro atoms. The fourth-order valence-corrected chi connectivity index (χ4v) is 4.06. The molecule has 0 radical (unpaired) electrons. The van der Waals surface area contributed by atoms with Gasteiger partial charge >= 0.3 is 5.97 Å². The summed E-state index contributed by atoms with van der Waals surface area (Å²) >= 11 is 0. The highest BCUT2D eigenvalue weighted by Gasteiger charge is 2.47. The minimum atomic E-state index is -0.955. The number of benzene rings is 3. The zero-order chi connectivity index (χ0) is 25.1. The van der Waals surface area contributed by atoms with Crippen molar-refractivity contribution in [1.82, 2.24) is 0 Å². The Labute approximate surface area is 202 Å². The van der Waals surface area contributed by atoms with Gasteiger partial charge in [-0.05, 0) is 60.9 Å². The first kappa shape index (κ1) is 23.9. The summed E-state index contributed by atoms with van der Waals surface area (Å²) in [4.78, 5) is 40.2. The topological polar surface area (TPSA) is 83.9 Å². The van der Waals surface area contributed by atoms with Crippen molar-refractivity contribution in [2.75, 3.05) is 11.5 Å². The lowest BCUT2D eigenvalue weighted by Gasteiger charge is -2.25. The molecule has 1 atom stereocenters. The van der Waals surface area contributed by atoms with Gasteiger partial charge in [-0.1, -0.05) is 43.3 Å². The highest BCUT2D eigenvalue weighted by molar-refractivity contribution is 6.51. The second-order valence-electron chi connectivity index (χ2n) is 8.23. The third-order valence-electron chi connectivity index (χ3n) is 5.79. The summed E-state index contributed by atoms with van der Waals surface area (Å²) in [6, 6.07) is 18.1. The lowest BCUT2D eigenvalue weighted by Crippen LogP contribution is -2.29. The molecule has 3 aromatic carbocycles. The van der Waals surface area contributed by atoms with Crippen LogP contribution < -0.4 is 4.90 Å². The van der Waals surface area contributed by atoms with Gasteiger partial charge in [0, 0.05) is 11.3 Å². The van der Waals surface area contributed by atoms with Gasteiger partial charge in [0.15, 0.2) is 0 Å². The van der Waals surface area contributed by atoms with Crippen LogP contribution in [0, 0.1) is 12.7 Å². The molecule has 178 valence electrons. The van der Waals surface area contributed by atoms with Crippen molar-refractivity contribution in [2.45, 2.75) is 26.3 Å². The van der Waals surface area contributed by atoms with Crippen LogP contribution in [0.25, 0.3) is 5.76 Å². The Morgan fingerprint density at radius 1 is 1.00 bits per heavy atom. The van der Waals surface area contributed by atoms with Gasteiger partial charge in [0.05, 0.1) is 23.8 Å². The standard InChI is InChI=1S/C28H24FNO5/c1-3-14-35-28(34)20-10-7-11-21(16-20)30-24(18-8-5-4-6-9-18)23(26(32)27(30)33)25(31)19-12-13-22(29)17(2)15-19/h4-13,15-16,24,31H,3,14H2,1-2H3/b25-23+. The van der Waals surface area contributed by atoms with E-state index in [0.29, 0.717) is 17.7 Å². The zero-order valence-corrected chi connectivity index (χ0v) is 19.3. The summed E-state index contributed by atoms with van der Waals surface area (Å²) in [5, 5.41) is 11.1. The van der Waals surface area contributed by atoms with Crippen molar-refractivity contribution in [1.29, 1.82) is 0 Å². The minimum Gasteiger partial charge on any atom is -0.507 e. The van der Waals surface area contributed by atoms with Crippen LogP contribution in [0.15, 0.2) is 78.4 Å². The molecule has 4 rings (SSSR count). The first-order valence-corrected chi connectivity index (χ1v) is 11.2. The SMILES string of the molecule is CCCOC(=O)c1cccc(N2C(=O)C(=O)/C(=C(/O)c3ccc(F)c(C)c3)C2c2ccccc2)c1. The second kappa shape index (κ2) is 9.93. The van der Waals surface area contributed by atoms with E-state index >= 15 is 0 Å². The van der Waals surface area contributed by atoms with Gasteiger partial charge in [-0.25, -0.2) is 9.18 Å². The van der Waals surface area contributed by atoms with E-state index in [1.165, 1.54) is 29.2 Å². The fourth-order valence-electron chi connectivity index (χ4n) is 4.06. The van der Waals surface area contributed by atoms with Crippen LogP contribution in [-0.4, -0.2) is 29.4 Å². The van der Waals surface area contributed by atoms with Crippen molar-refractivity contribution in [3.05, 3.63) is 106 Å². The van der Waals surface area contributed by atoms with E-state index in [1.54, 1.807) is 55.5 Å². The number of ether oxygens (including phenoxy) is 1. The quantitative estimate of drug-likeness (QED) is 0.227. The second-order valence-corrected chi connectivity index (χ2v) is 8.23. The van der Waals surface area contributed by atoms with Gasteiger partial charge in [0.25, 0.3) is 11.7 Å². The van der Waals surface area contributed by atoms with Crippen LogP contribution in [-0.2, 0) is 14.3 Å². The number of anilines is 1. The Kier molecular flexibility index (Phi) is 6.78. The summed E-state index contributed by atoms with van der Waals surface area (Å²) < 4.78 is 19.0. The van der Waals surface area contributed by atoms with Gasteiger partial charge in [0.2, 0.25) is 0 Å². The molecule has 1 unspecified atom stereocenters. The maximum Gasteiger partial charge on any atom is 0.338 e. The van der Waals surface area contributed by atoms with Crippen LogP contribution in [0.2, 0.25) is 0 Å². The number of hydrogen-bond acceptors (Lipinski definition) is 5. The molecule has 3 aromatic rings. The molecule has 1 aliphatic heterocycles. The van der Waals surface area contributed by atoms with Crippen molar-refractivity contribution in [3.63, 3.8) is 0 Å². The Balaban J connectivity index is 1.87. The molecule has 0 aromatic heterocycles. The molecule has 0 aliphatic carbocycles. The minimum absolute atomic E-state index is 0.119. The van der Waals surface area contributed by atoms with Gasteiger partial charge < -0.3 is 9.84 Å². The molecular formula is C28H24FNO5. The number of Topliss-reactive ketones (excluding diaryl/α,β-unsaturated/α-hetero) is 1. The molecule has 1 amide bonds. The summed E-state index contributed by atoms with van der Waals surface area (Å²) in [5.74, 6) is -3.12. The molecule has 1 N–H and O–H groups in total. The third kappa shape index (κ3) is 4.57. The molecule has 0 bridgehead atoms. The average Bonchev–Trinajstić information content (AvgIpc) is 3.14. The largest absolute Gasteiger partial charge is 0.507 e. The number of carbonyl (C=O) groups excluding carboxylic acids is 3. The lowest BCUT2D eigenvalue weighted by molar-refractivity contribution is -0.132. The number of esters is 1. The molecule has 0 saturated carbocycles. The van der Waals surface area contributed by atoms with E-state index < -0.39 is 35.3 Å². The number of amides is 1. The van der Waals surface area contributed by atoms with Crippen LogP contribution >= 0.6 is 0 Å². The molecule has 6 nitrogen and oxygen atoms in total. The van der Waals surface area contributed by atoms with Gasteiger partial charge in [0.1, 0.15) is 11.6 Å². The molecule has 1 saturated heterocycles. The Hall–Kier alpha value is -4.26. The number of rotatable bonds is 6. The molecule has 1 aliphatic rings. The number of hydrogen-bond donors (Lipinski definition) is 1. The van der Waals surface area contributed by atoms with Crippen molar-refractivity contribution in [3.8, 4) is 0 Å². The van der Waals surface area contributed by atoms with Crippen LogP contribution in [0.5, 0.6) is 0 Å². The van der Waals surface area contributed by atoms with Crippen LogP contribution in [0.1, 0.15) is 46.4 Å². The fraction of sp³-hybridized carbons (Fsp3) is 0.179. The molecule has 35 heavy (non-hydrogen) atoms. The monoisotopic (exact) mass is 473 g/mol. The van der Waals surface area contributed by atoms with Crippen LogP contribution in [0.3, 0.4) is 0 Å². The van der Waals surface area contributed by atoms with Crippen LogP contribution in [0.4, 0.5) is 10.1 Å². The number of aliphatic hydroxyl groups is 1. The van der Waals surface area contributed by atoms with E-state index in [2.05, 4.69) is 0 Å².